The van der Waals surface area contributed by atoms with Gasteiger partial charge in [-0.2, -0.15) is 5.10 Å². The Kier molecular flexibility index (Phi) is 1.81. The number of fused-ring (bicyclic) bond motifs is 1. The third-order valence-corrected chi connectivity index (χ3v) is 2.19. The SMILES string of the molecule is Cn1nc(C=O)c2cc(Cl)ccc21. The van der Waals surface area contributed by atoms with E-state index in [-0.39, 0.29) is 0 Å². The minimum atomic E-state index is 0.431. The van der Waals surface area contributed by atoms with Crippen LogP contribution in [0.5, 0.6) is 0 Å². The molecule has 4 heteroatoms. The molecule has 0 aliphatic heterocycles. The highest BCUT2D eigenvalue weighted by Gasteiger charge is 2.06. The summed E-state index contributed by atoms with van der Waals surface area (Å²) < 4.78 is 1.66. The minimum Gasteiger partial charge on any atom is -0.296 e. The van der Waals surface area contributed by atoms with E-state index in [2.05, 4.69) is 5.10 Å². The van der Waals surface area contributed by atoms with Crippen LogP contribution in [0, 0.1) is 0 Å². The summed E-state index contributed by atoms with van der Waals surface area (Å²) in [5, 5.41) is 5.45. The molecule has 3 nitrogen and oxygen atoms in total. The van der Waals surface area contributed by atoms with Crippen LogP contribution in [0.15, 0.2) is 18.2 Å². The van der Waals surface area contributed by atoms with Crippen molar-refractivity contribution in [3.63, 3.8) is 0 Å². The smallest absolute Gasteiger partial charge is 0.170 e. The number of benzene rings is 1. The minimum absolute atomic E-state index is 0.431. The molecular formula is C9H7ClN2O. The highest BCUT2D eigenvalue weighted by molar-refractivity contribution is 6.31. The number of aryl methyl sites for hydroxylation is 1. The molecule has 2 aromatic rings. The van der Waals surface area contributed by atoms with Gasteiger partial charge < -0.3 is 0 Å². The van der Waals surface area contributed by atoms with Gasteiger partial charge in [0.25, 0.3) is 0 Å². The lowest BCUT2D eigenvalue weighted by Crippen LogP contribution is -1.90. The number of halogens is 1. The molecule has 0 aliphatic rings. The third-order valence-electron chi connectivity index (χ3n) is 1.95. The zero-order valence-electron chi connectivity index (χ0n) is 6.99. The molecule has 0 radical (unpaired) electrons. The zero-order chi connectivity index (χ0) is 9.42. The van der Waals surface area contributed by atoms with E-state index in [4.69, 9.17) is 11.6 Å². The lowest BCUT2D eigenvalue weighted by Gasteiger charge is -1.92. The van der Waals surface area contributed by atoms with Crippen LogP contribution in [0.1, 0.15) is 10.5 Å². The second-order valence-corrected chi connectivity index (χ2v) is 3.22. The van der Waals surface area contributed by atoms with Gasteiger partial charge in [-0.15, -0.1) is 0 Å². The highest BCUT2D eigenvalue weighted by Crippen LogP contribution is 2.20. The molecule has 0 bridgehead atoms. The second-order valence-electron chi connectivity index (χ2n) is 2.79. The first kappa shape index (κ1) is 8.26. The summed E-state index contributed by atoms with van der Waals surface area (Å²) in [6.07, 6.45) is 0.735. The van der Waals surface area contributed by atoms with Gasteiger partial charge in [-0.25, -0.2) is 0 Å². The van der Waals surface area contributed by atoms with Crippen molar-refractivity contribution in [2.75, 3.05) is 0 Å². The van der Waals surface area contributed by atoms with Crippen molar-refractivity contribution in [2.45, 2.75) is 0 Å². The van der Waals surface area contributed by atoms with Gasteiger partial charge in [-0.3, -0.25) is 9.48 Å². The molecule has 2 rings (SSSR count). The number of hydrogen-bond acceptors (Lipinski definition) is 2. The molecule has 0 aliphatic carbocycles. The Morgan fingerprint density at radius 3 is 3.00 bits per heavy atom. The first-order valence-electron chi connectivity index (χ1n) is 3.80. The summed E-state index contributed by atoms with van der Waals surface area (Å²) in [6, 6.07) is 5.37. The van der Waals surface area contributed by atoms with Gasteiger partial charge >= 0.3 is 0 Å². The van der Waals surface area contributed by atoms with E-state index in [1.165, 1.54) is 0 Å². The van der Waals surface area contributed by atoms with Crippen molar-refractivity contribution in [3.05, 3.63) is 28.9 Å². The maximum Gasteiger partial charge on any atom is 0.170 e. The molecule has 0 saturated heterocycles. The Labute approximate surface area is 79.9 Å². The molecule has 1 aromatic heterocycles. The molecule has 0 atom stereocenters. The third kappa shape index (κ3) is 1.21. The van der Waals surface area contributed by atoms with E-state index in [0.717, 1.165) is 17.2 Å². The molecule has 13 heavy (non-hydrogen) atoms. The Bertz CT molecular complexity index is 476. The van der Waals surface area contributed by atoms with Gasteiger partial charge in [0.2, 0.25) is 0 Å². The molecular weight excluding hydrogens is 188 g/mol. The monoisotopic (exact) mass is 194 g/mol. The van der Waals surface area contributed by atoms with Gasteiger partial charge in [0.05, 0.1) is 5.52 Å². The lowest BCUT2D eigenvalue weighted by molar-refractivity contribution is 0.112. The summed E-state index contributed by atoms with van der Waals surface area (Å²) in [7, 11) is 1.79. The highest BCUT2D eigenvalue weighted by atomic mass is 35.5. The largest absolute Gasteiger partial charge is 0.296 e. The maximum absolute atomic E-state index is 10.6. The lowest BCUT2D eigenvalue weighted by atomic mass is 10.2. The Morgan fingerprint density at radius 2 is 2.31 bits per heavy atom. The molecule has 0 fully saturated rings. The quantitative estimate of drug-likeness (QED) is 0.652. The summed E-state index contributed by atoms with van der Waals surface area (Å²) in [6.45, 7) is 0. The van der Waals surface area contributed by atoms with Gasteiger partial charge in [0.1, 0.15) is 5.69 Å². The standard InChI is InChI=1S/C9H7ClN2O/c1-12-9-3-2-6(10)4-7(9)8(5-13)11-12/h2-5H,1H3. The maximum atomic E-state index is 10.6. The summed E-state index contributed by atoms with van der Waals surface area (Å²) in [5.74, 6) is 0. The van der Waals surface area contributed by atoms with E-state index in [9.17, 15) is 4.79 Å². The number of nitrogens with zero attached hydrogens (tertiary/aromatic N) is 2. The molecule has 66 valence electrons. The van der Waals surface area contributed by atoms with Crippen LogP contribution in [0.3, 0.4) is 0 Å². The van der Waals surface area contributed by atoms with E-state index in [1.807, 2.05) is 6.07 Å². The fourth-order valence-electron chi connectivity index (χ4n) is 1.35. The average Bonchev–Trinajstić information content (AvgIpc) is 2.42. The second kappa shape index (κ2) is 2.85. The van der Waals surface area contributed by atoms with E-state index >= 15 is 0 Å². The molecule has 0 N–H and O–H groups in total. The fraction of sp³-hybridized carbons (Fsp3) is 0.111. The van der Waals surface area contributed by atoms with Crippen LogP contribution < -0.4 is 0 Å². The summed E-state index contributed by atoms with van der Waals surface area (Å²) >= 11 is 5.80. The van der Waals surface area contributed by atoms with Gasteiger partial charge in [0.15, 0.2) is 6.29 Å². The molecule has 0 spiro atoms. The summed E-state index contributed by atoms with van der Waals surface area (Å²) in [5.41, 5.74) is 1.34. The van der Waals surface area contributed by atoms with Crippen molar-refractivity contribution in [2.24, 2.45) is 7.05 Å². The Hall–Kier alpha value is -1.35. The number of carbonyl (C=O) groups excluding carboxylic acids is 1. The number of rotatable bonds is 1. The van der Waals surface area contributed by atoms with Gasteiger partial charge in [0, 0.05) is 17.5 Å². The molecule has 0 saturated carbocycles. The zero-order valence-corrected chi connectivity index (χ0v) is 7.75. The molecule has 1 heterocycles. The predicted molar refractivity (Wildman–Crippen MR) is 51.1 cm³/mol. The van der Waals surface area contributed by atoms with Crippen molar-refractivity contribution in [3.8, 4) is 0 Å². The van der Waals surface area contributed by atoms with E-state index < -0.39 is 0 Å². The summed E-state index contributed by atoms with van der Waals surface area (Å²) in [4.78, 5) is 10.6. The molecule has 1 aromatic carbocycles. The Balaban J connectivity index is 2.89. The first-order chi connectivity index (χ1) is 6.22. The first-order valence-corrected chi connectivity index (χ1v) is 4.17. The van der Waals surface area contributed by atoms with Crippen LogP contribution in [-0.2, 0) is 7.05 Å². The van der Waals surface area contributed by atoms with Crippen molar-refractivity contribution in [1.29, 1.82) is 0 Å². The number of aldehydes is 1. The predicted octanol–water partition coefficient (Wildman–Crippen LogP) is 2.04. The van der Waals surface area contributed by atoms with E-state index in [0.29, 0.717) is 10.7 Å². The van der Waals surface area contributed by atoms with Crippen LogP contribution in [0.2, 0.25) is 5.02 Å². The van der Waals surface area contributed by atoms with Crippen LogP contribution in [0.25, 0.3) is 10.9 Å². The van der Waals surface area contributed by atoms with Crippen molar-refractivity contribution < 1.29 is 4.79 Å². The fourth-order valence-corrected chi connectivity index (χ4v) is 1.52. The van der Waals surface area contributed by atoms with E-state index in [1.54, 1.807) is 23.9 Å². The average molecular weight is 195 g/mol. The van der Waals surface area contributed by atoms with Crippen LogP contribution >= 0.6 is 11.6 Å². The molecule has 0 unspecified atom stereocenters. The number of hydrogen-bond donors (Lipinski definition) is 0. The van der Waals surface area contributed by atoms with Gasteiger partial charge in [-0.1, -0.05) is 11.6 Å². The van der Waals surface area contributed by atoms with Crippen LogP contribution in [0.4, 0.5) is 0 Å². The van der Waals surface area contributed by atoms with Crippen molar-refractivity contribution >= 4 is 28.8 Å². The Morgan fingerprint density at radius 1 is 1.54 bits per heavy atom. The number of carbonyl (C=O) groups is 1. The van der Waals surface area contributed by atoms with Crippen molar-refractivity contribution in [1.82, 2.24) is 9.78 Å². The number of aromatic nitrogens is 2. The normalized spacial score (nSPS) is 10.6. The van der Waals surface area contributed by atoms with Gasteiger partial charge in [-0.05, 0) is 18.2 Å². The topological polar surface area (TPSA) is 34.9 Å². The molecule has 0 amide bonds. The van der Waals surface area contributed by atoms with Crippen LogP contribution in [-0.4, -0.2) is 16.1 Å².